The average molecular weight is 262 g/mol. The third-order valence-electron chi connectivity index (χ3n) is 2.43. The van der Waals surface area contributed by atoms with Gasteiger partial charge in [-0.1, -0.05) is 84.0 Å². The Morgan fingerprint density at radius 3 is 1.79 bits per heavy atom. The van der Waals surface area contributed by atoms with Crippen molar-refractivity contribution in [1.82, 2.24) is 0 Å². The molecule has 0 bridgehead atoms. The van der Waals surface area contributed by atoms with E-state index < -0.39 is 0 Å². The van der Waals surface area contributed by atoms with Crippen LogP contribution in [0.25, 0.3) is 0 Å². The van der Waals surface area contributed by atoms with E-state index in [2.05, 4.69) is 70.2 Å². The molecule has 0 heteroatoms. The van der Waals surface area contributed by atoms with Crippen LogP contribution in [0.5, 0.6) is 0 Å². The van der Waals surface area contributed by atoms with Crippen LogP contribution in [0.1, 0.15) is 60.5 Å². The highest BCUT2D eigenvalue weighted by atomic mass is 14.0. The normalized spacial score (nSPS) is 9.95. The molecule has 0 fully saturated rings. The molecule has 1 aromatic carbocycles. The van der Waals surface area contributed by atoms with E-state index in [0.717, 1.165) is 11.8 Å². The van der Waals surface area contributed by atoms with E-state index >= 15 is 0 Å². The molecule has 110 valence electrons. The summed E-state index contributed by atoms with van der Waals surface area (Å²) < 4.78 is 0. The van der Waals surface area contributed by atoms with Crippen LogP contribution in [-0.4, -0.2) is 0 Å². The van der Waals surface area contributed by atoms with Gasteiger partial charge in [0.2, 0.25) is 0 Å². The van der Waals surface area contributed by atoms with Crippen molar-refractivity contribution in [3.63, 3.8) is 0 Å². The summed E-state index contributed by atoms with van der Waals surface area (Å²) in [6.45, 7) is 14.9. The molecule has 0 aliphatic heterocycles. The van der Waals surface area contributed by atoms with Gasteiger partial charge in [0.05, 0.1) is 0 Å². The second-order valence-electron chi connectivity index (χ2n) is 5.19. The Labute approximate surface area is 121 Å². The summed E-state index contributed by atoms with van der Waals surface area (Å²) in [6, 6.07) is 10.7. The third kappa shape index (κ3) is 17.0. The molecule has 19 heavy (non-hydrogen) atoms. The van der Waals surface area contributed by atoms with Crippen LogP contribution in [0.15, 0.2) is 42.5 Å². The van der Waals surface area contributed by atoms with E-state index in [1.807, 2.05) is 20.8 Å². The van der Waals surface area contributed by atoms with E-state index in [0.29, 0.717) is 0 Å². The van der Waals surface area contributed by atoms with Crippen molar-refractivity contribution in [2.45, 2.75) is 61.3 Å². The first-order chi connectivity index (χ1) is 9.06. The Hall–Kier alpha value is -1.04. The van der Waals surface area contributed by atoms with E-state index in [9.17, 15) is 0 Å². The van der Waals surface area contributed by atoms with Crippen molar-refractivity contribution in [3.8, 4) is 0 Å². The smallest absolute Gasteiger partial charge is 0.0276 e. The molecule has 0 heterocycles. The monoisotopic (exact) mass is 262 g/mol. The Kier molecular flexibility index (Phi) is 16.0. The van der Waals surface area contributed by atoms with Gasteiger partial charge < -0.3 is 0 Å². The second kappa shape index (κ2) is 15.0. The molecule has 0 N–H and O–H groups in total. The zero-order valence-electron chi connectivity index (χ0n) is 14.1. The summed E-state index contributed by atoms with van der Waals surface area (Å²) in [5.41, 5.74) is 1.46. The highest BCUT2D eigenvalue weighted by molar-refractivity contribution is 5.14. The Balaban J connectivity index is 0. The second-order valence-corrected chi connectivity index (χ2v) is 5.19. The van der Waals surface area contributed by atoms with Crippen molar-refractivity contribution in [3.05, 3.63) is 48.0 Å². The predicted molar refractivity (Wildman–Crippen MR) is 90.6 cm³/mol. The first-order valence-electron chi connectivity index (χ1n) is 7.73. The minimum absolute atomic E-state index is 0.718. The molecular weight excluding hydrogens is 228 g/mol. The van der Waals surface area contributed by atoms with Gasteiger partial charge >= 0.3 is 0 Å². The predicted octanol–water partition coefficient (Wildman–Crippen LogP) is 6.52. The van der Waals surface area contributed by atoms with Gasteiger partial charge in [-0.3, -0.25) is 0 Å². The van der Waals surface area contributed by atoms with E-state index in [1.165, 1.54) is 18.4 Å². The van der Waals surface area contributed by atoms with Gasteiger partial charge in [-0.15, -0.1) is 0 Å². The van der Waals surface area contributed by atoms with Crippen LogP contribution in [0, 0.1) is 11.8 Å². The summed E-state index contributed by atoms with van der Waals surface area (Å²) >= 11 is 0. The average Bonchev–Trinajstić information content (AvgIpc) is 2.40. The number of rotatable bonds is 4. The molecule has 0 unspecified atom stereocenters. The molecule has 0 atom stereocenters. The maximum absolute atomic E-state index is 2.27. The van der Waals surface area contributed by atoms with Crippen LogP contribution in [0.4, 0.5) is 0 Å². The van der Waals surface area contributed by atoms with Gasteiger partial charge in [-0.05, 0) is 37.2 Å². The van der Waals surface area contributed by atoms with Crippen LogP contribution >= 0.6 is 0 Å². The molecule has 0 aliphatic rings. The number of allylic oxidation sites excluding steroid dienone is 2. The SMILES string of the molecule is C/C=C/C(C)C.CC.CC(C)CCc1ccccc1. The molecule has 0 spiro atoms. The van der Waals surface area contributed by atoms with Crippen LogP contribution in [0.2, 0.25) is 0 Å². The number of hydrogen-bond acceptors (Lipinski definition) is 0. The van der Waals surface area contributed by atoms with Gasteiger partial charge in [0.1, 0.15) is 0 Å². The van der Waals surface area contributed by atoms with Gasteiger partial charge in [0.15, 0.2) is 0 Å². The molecule has 0 aromatic heterocycles. The fraction of sp³-hybridized carbons (Fsp3) is 0.579. The Morgan fingerprint density at radius 1 is 0.947 bits per heavy atom. The van der Waals surface area contributed by atoms with Gasteiger partial charge in [0, 0.05) is 0 Å². The van der Waals surface area contributed by atoms with Crippen LogP contribution < -0.4 is 0 Å². The van der Waals surface area contributed by atoms with Crippen molar-refractivity contribution in [1.29, 1.82) is 0 Å². The molecular formula is C19H34. The topological polar surface area (TPSA) is 0 Å². The largest absolute Gasteiger partial charge is 0.0914 e. The number of aryl methyl sites for hydroxylation is 1. The molecule has 0 aliphatic carbocycles. The maximum atomic E-state index is 2.27. The van der Waals surface area contributed by atoms with Gasteiger partial charge in [-0.25, -0.2) is 0 Å². The zero-order chi connectivity index (χ0) is 15.1. The van der Waals surface area contributed by atoms with Gasteiger partial charge in [-0.2, -0.15) is 0 Å². The fourth-order valence-electron chi connectivity index (χ4n) is 1.48. The van der Waals surface area contributed by atoms with E-state index in [-0.39, 0.29) is 0 Å². The van der Waals surface area contributed by atoms with Crippen molar-refractivity contribution >= 4 is 0 Å². The fourth-order valence-corrected chi connectivity index (χ4v) is 1.48. The Bertz CT molecular complexity index is 280. The first-order valence-corrected chi connectivity index (χ1v) is 7.73. The molecule has 1 aromatic rings. The minimum Gasteiger partial charge on any atom is -0.0914 e. The molecule has 0 radical (unpaired) electrons. The minimum atomic E-state index is 0.718. The highest BCUT2D eigenvalue weighted by Gasteiger charge is 1.94. The van der Waals surface area contributed by atoms with Crippen LogP contribution in [-0.2, 0) is 6.42 Å². The van der Waals surface area contributed by atoms with Crippen molar-refractivity contribution in [2.75, 3.05) is 0 Å². The maximum Gasteiger partial charge on any atom is -0.0276 e. The summed E-state index contributed by atoms with van der Waals surface area (Å²) in [6.07, 6.45) is 6.76. The molecule has 0 amide bonds. The summed E-state index contributed by atoms with van der Waals surface area (Å²) in [5.74, 6) is 1.53. The van der Waals surface area contributed by atoms with Crippen molar-refractivity contribution < 1.29 is 0 Å². The van der Waals surface area contributed by atoms with Gasteiger partial charge in [0.25, 0.3) is 0 Å². The van der Waals surface area contributed by atoms with E-state index in [1.54, 1.807) is 0 Å². The van der Waals surface area contributed by atoms with Crippen molar-refractivity contribution in [2.24, 2.45) is 11.8 Å². The zero-order valence-corrected chi connectivity index (χ0v) is 14.1. The lowest BCUT2D eigenvalue weighted by molar-refractivity contribution is 0.587. The lowest BCUT2D eigenvalue weighted by atomic mass is 10.0. The summed E-state index contributed by atoms with van der Waals surface area (Å²) in [4.78, 5) is 0. The van der Waals surface area contributed by atoms with Crippen LogP contribution in [0.3, 0.4) is 0 Å². The lowest BCUT2D eigenvalue weighted by Crippen LogP contribution is -1.91. The summed E-state index contributed by atoms with van der Waals surface area (Å²) in [5, 5.41) is 0. The standard InChI is InChI=1S/C11H16.C6H12.C2H6/c1-10(2)8-9-11-6-4-3-5-7-11;1-4-5-6(2)3;1-2/h3-7,10H,8-9H2,1-2H3;4-6H,1-3H3;1-2H3/b;5-4+;. The molecule has 0 saturated carbocycles. The molecule has 0 nitrogen and oxygen atoms in total. The van der Waals surface area contributed by atoms with E-state index in [4.69, 9.17) is 0 Å². The summed E-state index contributed by atoms with van der Waals surface area (Å²) in [7, 11) is 0. The number of benzene rings is 1. The highest BCUT2D eigenvalue weighted by Crippen LogP contribution is 2.07. The third-order valence-corrected chi connectivity index (χ3v) is 2.43. The Morgan fingerprint density at radius 2 is 1.47 bits per heavy atom. The number of hydrogen-bond donors (Lipinski definition) is 0. The quantitative estimate of drug-likeness (QED) is 0.542. The lowest BCUT2D eigenvalue weighted by Gasteiger charge is -2.03. The molecule has 1 rings (SSSR count). The molecule has 0 saturated heterocycles. The first kappa shape index (κ1) is 20.3.